The molecule has 0 spiro atoms. The molecule has 0 saturated heterocycles. The fourth-order valence-corrected chi connectivity index (χ4v) is 1.69. The van der Waals surface area contributed by atoms with Crippen molar-refractivity contribution in [1.82, 2.24) is 10.4 Å². The summed E-state index contributed by atoms with van der Waals surface area (Å²) in [5, 5.41) is 2.63. The van der Waals surface area contributed by atoms with Gasteiger partial charge in [0.2, 0.25) is 5.91 Å². The topological polar surface area (TPSA) is 92.8 Å². The van der Waals surface area contributed by atoms with Crippen molar-refractivity contribution in [2.45, 2.75) is 6.92 Å². The zero-order valence-electron chi connectivity index (χ0n) is 11.2. The van der Waals surface area contributed by atoms with E-state index in [1.165, 1.54) is 19.1 Å². The van der Waals surface area contributed by atoms with E-state index in [2.05, 4.69) is 11.9 Å². The number of imide groups is 1. The molecule has 7 heteroatoms. The molecular formula is C14H12N2O5. The standard InChI is InChI=1S/C14H12N2O5/c1-8(2)12(18)15-7-11(17)21-16-13(19)9-5-3-4-6-10(9)14(16)20/h3-6H,1,7H2,2H3,(H,15,18). The van der Waals surface area contributed by atoms with Crippen LogP contribution in [0, 0.1) is 0 Å². The van der Waals surface area contributed by atoms with Crippen LogP contribution in [0.15, 0.2) is 36.4 Å². The number of hydrogen-bond donors (Lipinski definition) is 1. The van der Waals surface area contributed by atoms with Gasteiger partial charge in [0.05, 0.1) is 11.1 Å². The Morgan fingerprint density at radius 1 is 1.19 bits per heavy atom. The van der Waals surface area contributed by atoms with E-state index in [-0.39, 0.29) is 16.7 Å². The maximum Gasteiger partial charge on any atom is 0.352 e. The first-order chi connectivity index (χ1) is 9.91. The Balaban J connectivity index is 2.00. The summed E-state index contributed by atoms with van der Waals surface area (Å²) < 4.78 is 0. The van der Waals surface area contributed by atoms with Gasteiger partial charge in [-0.1, -0.05) is 23.8 Å². The lowest BCUT2D eigenvalue weighted by molar-refractivity contribution is -0.167. The Morgan fingerprint density at radius 2 is 1.71 bits per heavy atom. The Labute approximate surface area is 120 Å². The summed E-state index contributed by atoms with van der Waals surface area (Å²) in [5.41, 5.74) is 0.561. The number of benzene rings is 1. The molecule has 1 N–H and O–H groups in total. The molecule has 0 aromatic heterocycles. The van der Waals surface area contributed by atoms with E-state index < -0.39 is 30.2 Å². The summed E-state index contributed by atoms with van der Waals surface area (Å²) in [4.78, 5) is 51.3. The second-order valence-corrected chi connectivity index (χ2v) is 4.38. The predicted octanol–water partition coefficient (Wildman–Crippen LogP) is 0.433. The number of hydrogen-bond acceptors (Lipinski definition) is 5. The highest BCUT2D eigenvalue weighted by Gasteiger charge is 2.38. The van der Waals surface area contributed by atoms with Crippen LogP contribution in [0.5, 0.6) is 0 Å². The Kier molecular flexibility index (Phi) is 3.84. The first kappa shape index (κ1) is 14.4. The van der Waals surface area contributed by atoms with Gasteiger partial charge in [0.25, 0.3) is 11.8 Å². The number of nitrogens with zero attached hydrogens (tertiary/aromatic N) is 1. The van der Waals surface area contributed by atoms with Crippen molar-refractivity contribution in [2.75, 3.05) is 6.54 Å². The van der Waals surface area contributed by atoms with Crippen LogP contribution in [0.1, 0.15) is 27.6 Å². The van der Waals surface area contributed by atoms with Crippen molar-refractivity contribution < 1.29 is 24.0 Å². The van der Waals surface area contributed by atoms with Crippen LogP contribution >= 0.6 is 0 Å². The molecule has 0 fully saturated rings. The van der Waals surface area contributed by atoms with Crippen LogP contribution < -0.4 is 5.32 Å². The highest BCUT2D eigenvalue weighted by Crippen LogP contribution is 2.22. The van der Waals surface area contributed by atoms with Crippen molar-refractivity contribution in [2.24, 2.45) is 0 Å². The number of amides is 3. The van der Waals surface area contributed by atoms with Crippen molar-refractivity contribution in [3.05, 3.63) is 47.5 Å². The molecule has 1 aromatic rings. The third-order valence-electron chi connectivity index (χ3n) is 2.73. The molecular weight excluding hydrogens is 276 g/mol. The average molecular weight is 288 g/mol. The maximum absolute atomic E-state index is 11.9. The molecule has 1 aliphatic heterocycles. The fourth-order valence-electron chi connectivity index (χ4n) is 1.69. The van der Waals surface area contributed by atoms with Crippen LogP contribution in [0.3, 0.4) is 0 Å². The molecule has 2 rings (SSSR count). The Morgan fingerprint density at radius 3 is 2.19 bits per heavy atom. The first-order valence-corrected chi connectivity index (χ1v) is 6.04. The van der Waals surface area contributed by atoms with Gasteiger partial charge in [-0.2, -0.15) is 0 Å². The third-order valence-corrected chi connectivity index (χ3v) is 2.73. The lowest BCUT2D eigenvalue weighted by Gasteiger charge is -2.12. The smallest absolute Gasteiger partial charge is 0.341 e. The highest BCUT2D eigenvalue weighted by molar-refractivity contribution is 6.20. The van der Waals surface area contributed by atoms with Gasteiger partial charge in [-0.3, -0.25) is 14.4 Å². The van der Waals surface area contributed by atoms with Crippen molar-refractivity contribution in [1.29, 1.82) is 0 Å². The Bertz CT molecular complexity index is 630. The number of rotatable bonds is 4. The van der Waals surface area contributed by atoms with Gasteiger partial charge in [-0.05, 0) is 19.1 Å². The van der Waals surface area contributed by atoms with Gasteiger partial charge in [0.15, 0.2) is 0 Å². The van der Waals surface area contributed by atoms with E-state index in [0.29, 0.717) is 5.06 Å². The van der Waals surface area contributed by atoms with E-state index >= 15 is 0 Å². The van der Waals surface area contributed by atoms with Crippen LogP contribution in [-0.4, -0.2) is 35.3 Å². The predicted molar refractivity (Wildman–Crippen MR) is 70.9 cm³/mol. The van der Waals surface area contributed by atoms with Gasteiger partial charge < -0.3 is 10.2 Å². The SMILES string of the molecule is C=C(C)C(=O)NCC(=O)ON1C(=O)c2ccccc2C1=O. The van der Waals surface area contributed by atoms with E-state index in [9.17, 15) is 19.2 Å². The molecule has 0 atom stereocenters. The van der Waals surface area contributed by atoms with E-state index in [1.54, 1.807) is 12.1 Å². The lowest BCUT2D eigenvalue weighted by Crippen LogP contribution is -2.38. The quantitative estimate of drug-likeness (QED) is 0.640. The second kappa shape index (κ2) is 5.58. The average Bonchev–Trinajstić information content (AvgIpc) is 2.70. The highest BCUT2D eigenvalue weighted by atomic mass is 16.7. The summed E-state index contributed by atoms with van der Waals surface area (Å²) in [6.07, 6.45) is 0. The van der Waals surface area contributed by atoms with Crippen molar-refractivity contribution >= 4 is 23.7 Å². The van der Waals surface area contributed by atoms with E-state index in [4.69, 9.17) is 4.84 Å². The van der Waals surface area contributed by atoms with Gasteiger partial charge in [-0.25, -0.2) is 4.79 Å². The molecule has 108 valence electrons. The Hall–Kier alpha value is -2.96. The molecule has 0 aliphatic carbocycles. The van der Waals surface area contributed by atoms with Crippen LogP contribution in [0.25, 0.3) is 0 Å². The molecule has 1 aromatic carbocycles. The first-order valence-electron chi connectivity index (χ1n) is 6.04. The molecule has 7 nitrogen and oxygen atoms in total. The maximum atomic E-state index is 11.9. The third kappa shape index (κ3) is 2.81. The van der Waals surface area contributed by atoms with E-state index in [1.807, 2.05) is 0 Å². The minimum atomic E-state index is -0.931. The molecule has 3 amide bonds. The van der Waals surface area contributed by atoms with Gasteiger partial charge in [-0.15, -0.1) is 0 Å². The van der Waals surface area contributed by atoms with Crippen molar-refractivity contribution in [3.8, 4) is 0 Å². The molecule has 0 radical (unpaired) electrons. The lowest BCUT2D eigenvalue weighted by atomic mass is 10.1. The zero-order chi connectivity index (χ0) is 15.6. The van der Waals surface area contributed by atoms with Crippen LogP contribution in [0.4, 0.5) is 0 Å². The van der Waals surface area contributed by atoms with E-state index in [0.717, 1.165) is 0 Å². The molecule has 21 heavy (non-hydrogen) atoms. The number of carbonyl (C=O) groups is 4. The number of fused-ring (bicyclic) bond motifs is 1. The number of hydroxylamine groups is 2. The summed E-state index contributed by atoms with van der Waals surface area (Å²) in [6.45, 7) is 4.41. The van der Waals surface area contributed by atoms with Gasteiger partial charge >= 0.3 is 5.97 Å². The largest absolute Gasteiger partial charge is 0.352 e. The molecule has 0 saturated carbocycles. The normalized spacial score (nSPS) is 12.9. The fraction of sp³-hybridized carbons (Fsp3) is 0.143. The molecule has 0 unspecified atom stereocenters. The summed E-state index contributed by atoms with van der Waals surface area (Å²) in [6, 6.07) is 6.13. The zero-order valence-corrected chi connectivity index (χ0v) is 11.2. The second-order valence-electron chi connectivity index (χ2n) is 4.38. The summed E-state index contributed by atoms with van der Waals surface area (Å²) >= 11 is 0. The molecule has 1 heterocycles. The van der Waals surface area contributed by atoms with Gasteiger partial charge in [0, 0.05) is 5.57 Å². The molecule has 0 bridgehead atoms. The van der Waals surface area contributed by atoms with Crippen molar-refractivity contribution in [3.63, 3.8) is 0 Å². The van der Waals surface area contributed by atoms with Crippen LogP contribution in [0.2, 0.25) is 0 Å². The number of nitrogens with one attached hydrogen (secondary N) is 1. The number of carbonyl (C=O) groups excluding carboxylic acids is 4. The monoisotopic (exact) mass is 288 g/mol. The minimum Gasteiger partial charge on any atom is -0.341 e. The summed E-state index contributed by atoms with van der Waals surface area (Å²) in [5.74, 6) is -2.88. The molecule has 1 aliphatic rings. The minimum absolute atomic E-state index is 0.168. The summed E-state index contributed by atoms with van der Waals surface area (Å²) in [7, 11) is 0. The van der Waals surface area contributed by atoms with Crippen LogP contribution in [-0.2, 0) is 14.4 Å². The van der Waals surface area contributed by atoms with Gasteiger partial charge in [0.1, 0.15) is 6.54 Å².